The van der Waals surface area contributed by atoms with Crippen LogP contribution in [0.2, 0.25) is 0 Å². The Morgan fingerprint density at radius 2 is 2.17 bits per heavy atom. The third-order valence-corrected chi connectivity index (χ3v) is 3.29. The molecule has 18 heavy (non-hydrogen) atoms. The van der Waals surface area contributed by atoms with Crippen LogP contribution in [0.4, 0.5) is 0 Å². The van der Waals surface area contributed by atoms with E-state index in [1.165, 1.54) is 0 Å². The van der Waals surface area contributed by atoms with Gasteiger partial charge in [-0.15, -0.1) is 0 Å². The molecule has 1 aliphatic heterocycles. The van der Waals surface area contributed by atoms with Gasteiger partial charge in [0, 0.05) is 26.1 Å². The molecule has 0 aromatic heterocycles. The third-order valence-electron chi connectivity index (χ3n) is 3.29. The fourth-order valence-corrected chi connectivity index (χ4v) is 1.93. The van der Waals surface area contributed by atoms with Crippen LogP contribution >= 0.6 is 0 Å². The number of hydrogen-bond acceptors (Lipinski definition) is 3. The normalized spacial score (nSPS) is 18.0. The summed E-state index contributed by atoms with van der Waals surface area (Å²) < 4.78 is 0. The molecule has 1 aliphatic rings. The molecule has 0 unspecified atom stereocenters. The molecule has 1 saturated heterocycles. The maximum Gasteiger partial charge on any atom is 0.237 e. The zero-order chi connectivity index (χ0) is 13.8. The minimum absolute atomic E-state index is 0.116. The van der Waals surface area contributed by atoms with Crippen molar-refractivity contribution in [2.24, 2.45) is 11.1 Å². The first-order chi connectivity index (χ1) is 8.32. The fraction of sp³-hybridized carbons (Fsp3) is 0.846. The van der Waals surface area contributed by atoms with Gasteiger partial charge in [-0.05, 0) is 18.3 Å². The molecule has 3 N–H and O–H groups in total. The van der Waals surface area contributed by atoms with E-state index in [2.05, 4.69) is 5.32 Å². The van der Waals surface area contributed by atoms with Crippen molar-refractivity contribution in [1.82, 2.24) is 10.2 Å². The molecule has 0 aromatic carbocycles. The van der Waals surface area contributed by atoms with Crippen molar-refractivity contribution < 1.29 is 9.59 Å². The van der Waals surface area contributed by atoms with Gasteiger partial charge in [0.1, 0.15) is 0 Å². The van der Waals surface area contributed by atoms with E-state index >= 15 is 0 Å². The van der Waals surface area contributed by atoms with Gasteiger partial charge in [0.15, 0.2) is 0 Å². The van der Waals surface area contributed by atoms with Crippen molar-refractivity contribution >= 4 is 11.8 Å². The molecule has 1 heterocycles. The van der Waals surface area contributed by atoms with E-state index in [9.17, 15) is 9.59 Å². The minimum atomic E-state index is -0.495. The highest BCUT2D eigenvalue weighted by atomic mass is 16.2. The Morgan fingerprint density at radius 3 is 2.67 bits per heavy atom. The average Bonchev–Trinajstić information content (AvgIpc) is 2.68. The molecule has 0 spiro atoms. The van der Waals surface area contributed by atoms with Crippen LogP contribution in [0.15, 0.2) is 0 Å². The lowest BCUT2D eigenvalue weighted by atomic mass is 9.87. The number of amides is 2. The molecule has 0 bridgehead atoms. The van der Waals surface area contributed by atoms with Gasteiger partial charge in [0.25, 0.3) is 0 Å². The average molecular weight is 255 g/mol. The molecule has 0 saturated carbocycles. The van der Waals surface area contributed by atoms with Gasteiger partial charge in [-0.25, -0.2) is 0 Å². The molecule has 1 atom stereocenters. The van der Waals surface area contributed by atoms with Crippen molar-refractivity contribution in [2.75, 3.05) is 19.6 Å². The fourth-order valence-electron chi connectivity index (χ4n) is 1.93. The summed E-state index contributed by atoms with van der Waals surface area (Å²) in [7, 11) is 0. The predicted octanol–water partition coefficient (Wildman–Crippen LogP) is 0.489. The lowest BCUT2D eigenvalue weighted by Gasteiger charge is -2.26. The first-order valence-corrected chi connectivity index (χ1v) is 6.63. The summed E-state index contributed by atoms with van der Waals surface area (Å²) in [5.74, 6) is 0.114. The molecule has 0 aliphatic carbocycles. The largest absolute Gasteiger partial charge is 0.355 e. The van der Waals surface area contributed by atoms with Gasteiger partial charge < -0.3 is 16.0 Å². The summed E-state index contributed by atoms with van der Waals surface area (Å²) >= 11 is 0. The standard InChI is InChI=1S/C13H25N3O2/c1-13(2,3)11(14)12(18)15-7-5-9-16-8-4-6-10(16)17/h11H,4-9,14H2,1-3H3,(H,15,18)/t11-/m1/s1. The van der Waals surface area contributed by atoms with Crippen molar-refractivity contribution in [2.45, 2.75) is 46.1 Å². The first-order valence-electron chi connectivity index (χ1n) is 6.63. The Bertz CT molecular complexity index is 310. The number of carbonyl (C=O) groups excluding carboxylic acids is 2. The summed E-state index contributed by atoms with van der Waals surface area (Å²) in [4.78, 5) is 25.0. The van der Waals surface area contributed by atoms with Gasteiger partial charge in [-0.1, -0.05) is 20.8 Å². The molecule has 5 heteroatoms. The Balaban J connectivity index is 2.18. The molecule has 0 aromatic rings. The van der Waals surface area contributed by atoms with E-state index in [-0.39, 0.29) is 17.2 Å². The van der Waals surface area contributed by atoms with E-state index < -0.39 is 6.04 Å². The topological polar surface area (TPSA) is 75.4 Å². The Kier molecular flexibility index (Phi) is 5.14. The van der Waals surface area contributed by atoms with Crippen LogP contribution in [0.5, 0.6) is 0 Å². The second-order valence-electron chi connectivity index (χ2n) is 5.97. The Morgan fingerprint density at radius 1 is 1.50 bits per heavy atom. The maximum atomic E-state index is 11.7. The van der Waals surface area contributed by atoms with Crippen molar-refractivity contribution in [3.8, 4) is 0 Å². The summed E-state index contributed by atoms with van der Waals surface area (Å²) in [5, 5.41) is 2.83. The zero-order valence-electron chi connectivity index (χ0n) is 11.7. The molecule has 5 nitrogen and oxygen atoms in total. The second-order valence-corrected chi connectivity index (χ2v) is 5.97. The number of rotatable bonds is 5. The Hall–Kier alpha value is -1.10. The number of nitrogens with two attached hydrogens (primary N) is 1. The summed E-state index contributed by atoms with van der Waals surface area (Å²) in [6.45, 7) is 7.99. The Labute approximate surface area is 109 Å². The quantitative estimate of drug-likeness (QED) is 0.702. The summed E-state index contributed by atoms with van der Waals surface area (Å²) in [6, 6.07) is -0.495. The van der Waals surface area contributed by atoms with Crippen molar-refractivity contribution in [1.29, 1.82) is 0 Å². The zero-order valence-corrected chi connectivity index (χ0v) is 11.7. The van der Waals surface area contributed by atoms with E-state index in [4.69, 9.17) is 5.73 Å². The molecule has 1 fully saturated rings. The molecule has 104 valence electrons. The second kappa shape index (κ2) is 6.18. The number of hydrogen-bond donors (Lipinski definition) is 2. The van der Waals surface area contributed by atoms with Crippen LogP contribution < -0.4 is 11.1 Å². The van der Waals surface area contributed by atoms with Crippen LogP contribution in [-0.2, 0) is 9.59 Å². The van der Waals surface area contributed by atoms with Crippen LogP contribution in [0.1, 0.15) is 40.0 Å². The van der Waals surface area contributed by atoms with Gasteiger partial charge >= 0.3 is 0 Å². The maximum absolute atomic E-state index is 11.7. The number of carbonyl (C=O) groups is 2. The van der Waals surface area contributed by atoms with Crippen molar-refractivity contribution in [3.05, 3.63) is 0 Å². The lowest BCUT2D eigenvalue weighted by Crippen LogP contribution is -2.49. The minimum Gasteiger partial charge on any atom is -0.355 e. The van der Waals surface area contributed by atoms with Crippen LogP contribution in [0, 0.1) is 5.41 Å². The van der Waals surface area contributed by atoms with Crippen LogP contribution in [0.3, 0.4) is 0 Å². The lowest BCUT2D eigenvalue weighted by molar-refractivity contribution is -0.127. The van der Waals surface area contributed by atoms with Crippen LogP contribution in [0.25, 0.3) is 0 Å². The van der Waals surface area contributed by atoms with E-state index in [1.807, 2.05) is 25.7 Å². The molecule has 2 amide bonds. The highest BCUT2D eigenvalue weighted by Gasteiger charge is 2.27. The highest BCUT2D eigenvalue weighted by molar-refractivity contribution is 5.82. The van der Waals surface area contributed by atoms with Crippen LogP contribution in [-0.4, -0.2) is 42.4 Å². The molecule has 0 radical (unpaired) electrons. The van der Waals surface area contributed by atoms with Crippen molar-refractivity contribution in [3.63, 3.8) is 0 Å². The third kappa shape index (κ3) is 4.29. The van der Waals surface area contributed by atoms with Gasteiger partial charge in [-0.3, -0.25) is 9.59 Å². The summed E-state index contributed by atoms with van der Waals surface area (Å²) in [6.07, 6.45) is 2.41. The number of nitrogens with one attached hydrogen (secondary N) is 1. The molecule has 1 rings (SSSR count). The van der Waals surface area contributed by atoms with Gasteiger partial charge in [0.05, 0.1) is 6.04 Å². The van der Waals surface area contributed by atoms with E-state index in [0.29, 0.717) is 13.0 Å². The number of nitrogens with zero attached hydrogens (tertiary/aromatic N) is 1. The van der Waals surface area contributed by atoms with Gasteiger partial charge in [0.2, 0.25) is 11.8 Å². The highest BCUT2D eigenvalue weighted by Crippen LogP contribution is 2.17. The van der Waals surface area contributed by atoms with E-state index in [1.54, 1.807) is 0 Å². The predicted molar refractivity (Wildman–Crippen MR) is 70.9 cm³/mol. The van der Waals surface area contributed by atoms with Gasteiger partial charge in [-0.2, -0.15) is 0 Å². The molecular formula is C13H25N3O2. The first kappa shape index (κ1) is 15.0. The number of likely N-dealkylation sites (tertiary alicyclic amines) is 1. The SMILES string of the molecule is CC(C)(C)[C@H](N)C(=O)NCCCN1CCCC1=O. The summed E-state index contributed by atoms with van der Waals surface area (Å²) in [5.41, 5.74) is 5.62. The smallest absolute Gasteiger partial charge is 0.237 e. The van der Waals surface area contributed by atoms with E-state index in [0.717, 1.165) is 25.9 Å². The molecular weight excluding hydrogens is 230 g/mol. The monoisotopic (exact) mass is 255 g/mol.